The fraction of sp³-hybridized carbons (Fsp3) is 0.462. The largest absolute Gasteiger partial charge is 0.497 e. The summed E-state index contributed by atoms with van der Waals surface area (Å²) < 4.78 is 10.8. The van der Waals surface area contributed by atoms with E-state index in [4.69, 9.17) is 9.47 Å². The summed E-state index contributed by atoms with van der Waals surface area (Å²) in [6, 6.07) is 15.1. The van der Waals surface area contributed by atoms with Gasteiger partial charge in [0.15, 0.2) is 0 Å². The van der Waals surface area contributed by atoms with Crippen molar-refractivity contribution in [2.45, 2.75) is 32.2 Å². The lowest BCUT2D eigenvalue weighted by molar-refractivity contribution is -0.123. The number of carbonyl (C=O) groups is 2. The van der Waals surface area contributed by atoms with E-state index in [1.54, 1.807) is 19.2 Å². The molecule has 2 amide bonds. The first-order valence-electron chi connectivity index (χ1n) is 11.8. The summed E-state index contributed by atoms with van der Waals surface area (Å²) in [4.78, 5) is 31.8. The van der Waals surface area contributed by atoms with Crippen LogP contribution in [0.25, 0.3) is 0 Å². The van der Waals surface area contributed by atoms with Crippen molar-refractivity contribution in [3.05, 3.63) is 54.1 Å². The maximum absolute atomic E-state index is 13.1. The summed E-state index contributed by atoms with van der Waals surface area (Å²) in [6.45, 7) is 7.07. The molecule has 0 N–H and O–H groups in total. The monoisotopic (exact) mass is 451 g/mol. The molecule has 7 nitrogen and oxygen atoms in total. The number of ether oxygens (including phenoxy) is 2. The SMILES string of the molecule is CCCOc1ccc(N2C(=O)C[C@@H](N3CCN(CCc4ccc(OC)cc4)CC3)C2=O)cc1. The second-order valence-corrected chi connectivity index (χ2v) is 8.61. The van der Waals surface area contributed by atoms with Gasteiger partial charge in [-0.1, -0.05) is 19.1 Å². The molecule has 0 aliphatic carbocycles. The lowest BCUT2D eigenvalue weighted by atomic mass is 10.1. The highest BCUT2D eigenvalue weighted by Gasteiger charge is 2.43. The van der Waals surface area contributed by atoms with Crippen molar-refractivity contribution in [1.82, 2.24) is 9.80 Å². The van der Waals surface area contributed by atoms with Crippen LogP contribution >= 0.6 is 0 Å². The van der Waals surface area contributed by atoms with E-state index in [2.05, 4.69) is 28.9 Å². The summed E-state index contributed by atoms with van der Waals surface area (Å²) in [7, 11) is 1.68. The number of rotatable bonds is 9. The highest BCUT2D eigenvalue weighted by atomic mass is 16.5. The van der Waals surface area contributed by atoms with Crippen molar-refractivity contribution in [3.8, 4) is 11.5 Å². The molecule has 4 rings (SSSR count). The molecule has 0 unspecified atom stereocenters. The Kier molecular flexibility index (Phi) is 7.62. The van der Waals surface area contributed by atoms with Crippen molar-refractivity contribution in [3.63, 3.8) is 0 Å². The molecule has 2 aromatic carbocycles. The van der Waals surface area contributed by atoms with Gasteiger partial charge in [0.1, 0.15) is 11.5 Å². The molecule has 33 heavy (non-hydrogen) atoms. The molecule has 1 atom stereocenters. The molecule has 2 fully saturated rings. The minimum Gasteiger partial charge on any atom is -0.497 e. The van der Waals surface area contributed by atoms with E-state index in [9.17, 15) is 9.59 Å². The van der Waals surface area contributed by atoms with E-state index in [1.807, 2.05) is 24.3 Å². The van der Waals surface area contributed by atoms with Crippen LogP contribution in [0.2, 0.25) is 0 Å². The molecular weight excluding hydrogens is 418 g/mol. The van der Waals surface area contributed by atoms with Crippen molar-refractivity contribution in [1.29, 1.82) is 0 Å². The van der Waals surface area contributed by atoms with E-state index in [1.165, 1.54) is 10.5 Å². The van der Waals surface area contributed by atoms with Crippen LogP contribution in [-0.2, 0) is 16.0 Å². The Bertz CT molecular complexity index is 937. The molecule has 7 heteroatoms. The zero-order chi connectivity index (χ0) is 23.2. The number of anilines is 1. The van der Waals surface area contributed by atoms with Crippen LogP contribution in [0.1, 0.15) is 25.3 Å². The first-order chi connectivity index (χ1) is 16.1. The highest BCUT2D eigenvalue weighted by Crippen LogP contribution is 2.28. The van der Waals surface area contributed by atoms with Gasteiger partial charge in [0.05, 0.1) is 31.9 Å². The molecule has 2 heterocycles. The van der Waals surface area contributed by atoms with Crippen LogP contribution in [0.4, 0.5) is 5.69 Å². The van der Waals surface area contributed by atoms with Gasteiger partial charge in [-0.05, 0) is 54.8 Å². The number of nitrogens with zero attached hydrogens (tertiary/aromatic N) is 3. The summed E-state index contributed by atoms with van der Waals surface area (Å²) in [5.41, 5.74) is 1.91. The van der Waals surface area contributed by atoms with Gasteiger partial charge in [0.2, 0.25) is 5.91 Å². The quantitative estimate of drug-likeness (QED) is 0.547. The van der Waals surface area contributed by atoms with Gasteiger partial charge in [-0.15, -0.1) is 0 Å². The Labute approximate surface area is 195 Å². The van der Waals surface area contributed by atoms with Crippen molar-refractivity contribution in [2.24, 2.45) is 0 Å². The topological polar surface area (TPSA) is 62.3 Å². The van der Waals surface area contributed by atoms with E-state index in [0.29, 0.717) is 12.3 Å². The lowest BCUT2D eigenvalue weighted by Gasteiger charge is -2.37. The third kappa shape index (κ3) is 5.54. The standard InChI is InChI=1S/C26H33N3O4/c1-3-18-33-23-10-6-21(7-11-23)29-25(30)19-24(26(29)31)28-16-14-27(15-17-28)13-12-20-4-8-22(32-2)9-5-20/h4-11,24H,3,12-19H2,1-2H3/t24-/m1/s1. The summed E-state index contributed by atoms with van der Waals surface area (Å²) in [6.07, 6.45) is 2.16. The van der Waals surface area contributed by atoms with Gasteiger partial charge >= 0.3 is 0 Å². The van der Waals surface area contributed by atoms with E-state index >= 15 is 0 Å². The van der Waals surface area contributed by atoms with Crippen molar-refractivity contribution in [2.75, 3.05) is 51.3 Å². The molecule has 2 aliphatic heterocycles. The number of hydrogen-bond acceptors (Lipinski definition) is 6. The van der Waals surface area contributed by atoms with Crippen LogP contribution in [0.3, 0.4) is 0 Å². The first-order valence-corrected chi connectivity index (χ1v) is 11.8. The molecule has 2 saturated heterocycles. The van der Waals surface area contributed by atoms with Gasteiger partial charge < -0.3 is 14.4 Å². The number of hydrogen-bond donors (Lipinski definition) is 0. The molecule has 0 aromatic heterocycles. The molecule has 0 saturated carbocycles. The van der Waals surface area contributed by atoms with Crippen LogP contribution in [0, 0.1) is 0 Å². The van der Waals surface area contributed by atoms with E-state index in [0.717, 1.165) is 57.1 Å². The number of benzene rings is 2. The minimum atomic E-state index is -0.364. The van der Waals surface area contributed by atoms with E-state index in [-0.39, 0.29) is 24.3 Å². The predicted molar refractivity (Wildman–Crippen MR) is 128 cm³/mol. The Morgan fingerprint density at radius 3 is 2.21 bits per heavy atom. The summed E-state index contributed by atoms with van der Waals surface area (Å²) >= 11 is 0. The average molecular weight is 452 g/mol. The van der Waals surface area contributed by atoms with Crippen LogP contribution in [0.15, 0.2) is 48.5 Å². The molecule has 0 radical (unpaired) electrons. The van der Waals surface area contributed by atoms with Gasteiger partial charge in [0.25, 0.3) is 5.91 Å². The number of methoxy groups -OCH3 is 1. The molecule has 176 valence electrons. The van der Waals surface area contributed by atoms with Crippen molar-refractivity contribution >= 4 is 17.5 Å². The maximum Gasteiger partial charge on any atom is 0.251 e. The molecular formula is C26H33N3O4. The zero-order valence-electron chi connectivity index (χ0n) is 19.5. The Morgan fingerprint density at radius 1 is 0.909 bits per heavy atom. The molecule has 0 spiro atoms. The first kappa shape index (κ1) is 23.3. The van der Waals surface area contributed by atoms with Gasteiger partial charge in [-0.3, -0.25) is 14.5 Å². The van der Waals surface area contributed by atoms with Crippen molar-refractivity contribution < 1.29 is 19.1 Å². The molecule has 2 aromatic rings. The van der Waals surface area contributed by atoms with E-state index < -0.39 is 0 Å². The summed E-state index contributed by atoms with van der Waals surface area (Å²) in [5, 5.41) is 0. The second kappa shape index (κ2) is 10.8. The fourth-order valence-corrected chi connectivity index (χ4v) is 4.46. The number of piperazine rings is 1. The number of carbonyl (C=O) groups excluding carboxylic acids is 2. The Balaban J connectivity index is 1.28. The second-order valence-electron chi connectivity index (χ2n) is 8.61. The molecule has 0 bridgehead atoms. The number of amides is 2. The summed E-state index contributed by atoms with van der Waals surface area (Å²) in [5.74, 6) is 1.38. The smallest absolute Gasteiger partial charge is 0.251 e. The Morgan fingerprint density at radius 2 is 1.58 bits per heavy atom. The maximum atomic E-state index is 13.1. The van der Waals surface area contributed by atoms with Crippen LogP contribution in [-0.4, -0.2) is 74.1 Å². The minimum absolute atomic E-state index is 0.117. The predicted octanol–water partition coefficient (Wildman–Crippen LogP) is 2.98. The Hall–Kier alpha value is -2.90. The third-order valence-corrected chi connectivity index (χ3v) is 6.41. The normalized spacial score (nSPS) is 19.8. The van der Waals surface area contributed by atoms with Gasteiger partial charge in [-0.25, -0.2) is 4.90 Å². The third-order valence-electron chi connectivity index (χ3n) is 6.41. The van der Waals surface area contributed by atoms with Crippen LogP contribution < -0.4 is 14.4 Å². The van der Waals surface area contributed by atoms with Gasteiger partial charge in [0, 0.05) is 32.7 Å². The number of imide groups is 1. The van der Waals surface area contributed by atoms with Gasteiger partial charge in [-0.2, -0.15) is 0 Å². The lowest BCUT2D eigenvalue weighted by Crippen LogP contribution is -2.52. The fourth-order valence-electron chi connectivity index (χ4n) is 4.46. The van der Waals surface area contributed by atoms with Crippen LogP contribution in [0.5, 0.6) is 11.5 Å². The average Bonchev–Trinajstić information content (AvgIpc) is 3.16. The highest BCUT2D eigenvalue weighted by molar-refractivity contribution is 6.22. The molecule has 2 aliphatic rings. The zero-order valence-corrected chi connectivity index (χ0v) is 19.5.